The molecule has 0 atom stereocenters. The van der Waals surface area contributed by atoms with E-state index in [9.17, 15) is 9.59 Å². The van der Waals surface area contributed by atoms with Gasteiger partial charge in [-0.15, -0.1) is 0 Å². The predicted molar refractivity (Wildman–Crippen MR) is 72.4 cm³/mol. The first-order chi connectivity index (χ1) is 9.70. The Morgan fingerprint density at radius 3 is 2.75 bits per heavy atom. The fourth-order valence-electron chi connectivity index (χ4n) is 1.52. The van der Waals surface area contributed by atoms with Gasteiger partial charge in [0.05, 0.1) is 12.2 Å². The van der Waals surface area contributed by atoms with Gasteiger partial charge in [0, 0.05) is 12.4 Å². The molecule has 0 aliphatic heterocycles. The van der Waals surface area contributed by atoms with Crippen LogP contribution in [0.2, 0.25) is 0 Å². The van der Waals surface area contributed by atoms with Crippen LogP contribution in [0.25, 0.3) is 0 Å². The minimum absolute atomic E-state index is 0.270. The van der Waals surface area contributed by atoms with Gasteiger partial charge < -0.3 is 10.1 Å². The molecule has 2 rings (SSSR count). The molecule has 0 aliphatic carbocycles. The number of nitrogens with zero attached hydrogens (tertiary/aromatic N) is 2. The van der Waals surface area contributed by atoms with E-state index in [0.29, 0.717) is 5.56 Å². The summed E-state index contributed by atoms with van der Waals surface area (Å²) >= 11 is 0. The van der Waals surface area contributed by atoms with E-state index < -0.39 is 5.97 Å². The molecule has 20 heavy (non-hydrogen) atoms. The smallest absolute Gasteiger partial charge is 0.338 e. The van der Waals surface area contributed by atoms with Crippen molar-refractivity contribution in [2.24, 2.45) is 0 Å². The second-order valence-corrected chi connectivity index (χ2v) is 3.82. The average molecular weight is 271 g/mol. The van der Waals surface area contributed by atoms with Gasteiger partial charge in [0.15, 0.2) is 0 Å². The highest BCUT2D eigenvalue weighted by molar-refractivity contribution is 6.02. The number of hydrogen-bond acceptors (Lipinski definition) is 5. The van der Waals surface area contributed by atoms with Crippen LogP contribution < -0.4 is 5.32 Å². The number of esters is 1. The van der Waals surface area contributed by atoms with Gasteiger partial charge in [0.1, 0.15) is 11.5 Å². The minimum atomic E-state index is -0.455. The van der Waals surface area contributed by atoms with Crippen LogP contribution in [0.3, 0.4) is 0 Å². The van der Waals surface area contributed by atoms with E-state index in [-0.39, 0.29) is 24.0 Å². The number of aromatic nitrogens is 2. The summed E-state index contributed by atoms with van der Waals surface area (Å²) < 4.78 is 4.88. The SMILES string of the molecule is CCOC(=O)c1ccnc(NC(=O)c2ccccn2)c1. The van der Waals surface area contributed by atoms with Crippen LogP contribution in [0.4, 0.5) is 5.82 Å². The Balaban J connectivity index is 2.12. The van der Waals surface area contributed by atoms with Gasteiger partial charge in [-0.1, -0.05) is 6.07 Å². The number of carbonyl (C=O) groups excluding carboxylic acids is 2. The van der Waals surface area contributed by atoms with Crippen LogP contribution in [-0.2, 0) is 4.74 Å². The molecule has 0 bridgehead atoms. The van der Waals surface area contributed by atoms with Crippen LogP contribution in [-0.4, -0.2) is 28.5 Å². The fraction of sp³-hybridized carbons (Fsp3) is 0.143. The number of ether oxygens (including phenoxy) is 1. The third-order valence-electron chi connectivity index (χ3n) is 2.41. The second kappa shape index (κ2) is 6.42. The van der Waals surface area contributed by atoms with Gasteiger partial charge in [-0.2, -0.15) is 0 Å². The largest absolute Gasteiger partial charge is 0.462 e. The number of amides is 1. The second-order valence-electron chi connectivity index (χ2n) is 3.82. The Hall–Kier alpha value is -2.76. The van der Waals surface area contributed by atoms with Crippen molar-refractivity contribution in [1.29, 1.82) is 0 Å². The van der Waals surface area contributed by atoms with Crippen molar-refractivity contribution < 1.29 is 14.3 Å². The maximum Gasteiger partial charge on any atom is 0.338 e. The normalized spacial score (nSPS) is 9.85. The number of carbonyl (C=O) groups is 2. The molecule has 0 unspecified atom stereocenters. The lowest BCUT2D eigenvalue weighted by Crippen LogP contribution is -2.15. The van der Waals surface area contributed by atoms with Crippen molar-refractivity contribution in [3.63, 3.8) is 0 Å². The van der Waals surface area contributed by atoms with Gasteiger partial charge in [-0.3, -0.25) is 9.78 Å². The molecule has 0 saturated carbocycles. The van der Waals surface area contributed by atoms with Gasteiger partial charge in [-0.05, 0) is 31.2 Å². The average Bonchev–Trinajstić information content (AvgIpc) is 2.48. The van der Waals surface area contributed by atoms with E-state index in [1.807, 2.05) is 0 Å². The van der Waals surface area contributed by atoms with Crippen molar-refractivity contribution >= 4 is 17.7 Å². The zero-order valence-corrected chi connectivity index (χ0v) is 10.9. The Morgan fingerprint density at radius 2 is 2.05 bits per heavy atom. The zero-order chi connectivity index (χ0) is 14.4. The molecular formula is C14H13N3O3. The monoisotopic (exact) mass is 271 g/mol. The molecule has 6 nitrogen and oxygen atoms in total. The van der Waals surface area contributed by atoms with E-state index in [0.717, 1.165) is 0 Å². The Morgan fingerprint density at radius 1 is 1.20 bits per heavy atom. The summed E-state index contributed by atoms with van der Waals surface area (Å²) in [4.78, 5) is 31.4. The summed E-state index contributed by atoms with van der Waals surface area (Å²) in [5.74, 6) is -0.575. The molecule has 6 heteroatoms. The lowest BCUT2D eigenvalue weighted by atomic mass is 10.2. The maximum absolute atomic E-state index is 11.9. The number of nitrogens with one attached hydrogen (secondary N) is 1. The Kier molecular flexibility index (Phi) is 4.39. The number of rotatable bonds is 4. The molecule has 2 heterocycles. The van der Waals surface area contributed by atoms with Gasteiger partial charge in [0.2, 0.25) is 0 Å². The highest BCUT2D eigenvalue weighted by atomic mass is 16.5. The molecule has 0 aliphatic rings. The van der Waals surface area contributed by atoms with Crippen LogP contribution in [0.15, 0.2) is 42.7 Å². The molecule has 0 fully saturated rings. The third-order valence-corrected chi connectivity index (χ3v) is 2.41. The first-order valence-corrected chi connectivity index (χ1v) is 6.06. The van der Waals surface area contributed by atoms with E-state index in [1.54, 1.807) is 25.1 Å². The first-order valence-electron chi connectivity index (χ1n) is 6.06. The topological polar surface area (TPSA) is 81.2 Å². The number of hydrogen-bond donors (Lipinski definition) is 1. The van der Waals surface area contributed by atoms with E-state index in [1.165, 1.54) is 24.5 Å². The Bertz CT molecular complexity index is 614. The summed E-state index contributed by atoms with van der Waals surface area (Å²) in [6.45, 7) is 2.01. The van der Waals surface area contributed by atoms with Crippen molar-refractivity contribution in [1.82, 2.24) is 9.97 Å². The predicted octanol–water partition coefficient (Wildman–Crippen LogP) is 1.91. The van der Waals surface area contributed by atoms with E-state index in [4.69, 9.17) is 4.74 Å². The molecule has 2 aromatic heterocycles. The molecule has 0 saturated heterocycles. The summed E-state index contributed by atoms with van der Waals surface area (Å²) in [5.41, 5.74) is 0.606. The van der Waals surface area contributed by atoms with Gasteiger partial charge in [-0.25, -0.2) is 9.78 Å². The quantitative estimate of drug-likeness (QED) is 0.859. The fourth-order valence-corrected chi connectivity index (χ4v) is 1.52. The first kappa shape index (κ1) is 13.7. The molecule has 0 aromatic carbocycles. The van der Waals surface area contributed by atoms with Crippen molar-refractivity contribution in [3.8, 4) is 0 Å². The molecule has 102 valence electrons. The molecule has 1 N–H and O–H groups in total. The van der Waals surface area contributed by atoms with Crippen molar-refractivity contribution in [2.45, 2.75) is 6.92 Å². The maximum atomic E-state index is 11.9. The minimum Gasteiger partial charge on any atom is -0.462 e. The summed E-state index contributed by atoms with van der Waals surface area (Å²) in [6, 6.07) is 8.00. The molecular weight excluding hydrogens is 258 g/mol. The third kappa shape index (κ3) is 3.38. The Labute approximate surface area is 115 Å². The highest BCUT2D eigenvalue weighted by Crippen LogP contribution is 2.09. The van der Waals surface area contributed by atoms with Crippen LogP contribution >= 0.6 is 0 Å². The lowest BCUT2D eigenvalue weighted by molar-refractivity contribution is 0.0526. The van der Waals surface area contributed by atoms with Crippen molar-refractivity contribution in [3.05, 3.63) is 54.0 Å². The molecule has 0 radical (unpaired) electrons. The highest BCUT2D eigenvalue weighted by Gasteiger charge is 2.11. The zero-order valence-electron chi connectivity index (χ0n) is 10.9. The lowest BCUT2D eigenvalue weighted by Gasteiger charge is -2.05. The van der Waals surface area contributed by atoms with E-state index in [2.05, 4.69) is 15.3 Å². The van der Waals surface area contributed by atoms with Crippen LogP contribution in [0.1, 0.15) is 27.8 Å². The number of pyridine rings is 2. The van der Waals surface area contributed by atoms with Gasteiger partial charge in [0.25, 0.3) is 5.91 Å². The summed E-state index contributed by atoms with van der Waals surface area (Å²) in [7, 11) is 0. The molecule has 0 spiro atoms. The number of anilines is 1. The van der Waals surface area contributed by atoms with Gasteiger partial charge >= 0.3 is 5.97 Å². The van der Waals surface area contributed by atoms with Crippen molar-refractivity contribution in [2.75, 3.05) is 11.9 Å². The van der Waals surface area contributed by atoms with Crippen LogP contribution in [0.5, 0.6) is 0 Å². The summed E-state index contributed by atoms with van der Waals surface area (Å²) in [6.07, 6.45) is 2.96. The summed E-state index contributed by atoms with van der Waals surface area (Å²) in [5, 5.41) is 2.58. The molecule has 2 aromatic rings. The molecule has 1 amide bonds. The standard InChI is InChI=1S/C14H13N3O3/c1-2-20-14(19)10-6-8-16-12(9-10)17-13(18)11-5-3-4-7-15-11/h3-9H,2H2,1H3,(H,16,17,18). The van der Waals surface area contributed by atoms with Crippen LogP contribution in [0, 0.1) is 0 Å². The van der Waals surface area contributed by atoms with E-state index >= 15 is 0 Å².